The van der Waals surface area contributed by atoms with Crippen molar-refractivity contribution < 1.29 is 79.2 Å². The summed E-state index contributed by atoms with van der Waals surface area (Å²) >= 11 is 0. The number of aromatic carboxylic acids is 8. The van der Waals surface area contributed by atoms with Crippen LogP contribution in [-0.2, 0) is 0 Å². The predicted molar refractivity (Wildman–Crippen MR) is 144 cm³/mol. The van der Waals surface area contributed by atoms with Gasteiger partial charge in [0.05, 0.1) is 44.5 Å². The molecule has 16 heteroatoms. The van der Waals surface area contributed by atoms with E-state index in [9.17, 15) is 79.2 Å². The van der Waals surface area contributed by atoms with Crippen molar-refractivity contribution in [3.8, 4) is 0 Å². The summed E-state index contributed by atoms with van der Waals surface area (Å²) in [4.78, 5) is 91.0. The number of carboxylic acid groups (broad SMARTS) is 8. The highest BCUT2D eigenvalue weighted by Crippen LogP contribution is 2.33. The monoisotopic (exact) mass is 608 g/mol. The molecule has 44 heavy (non-hydrogen) atoms. The first kappa shape index (κ1) is 31.7. The Balaban J connectivity index is 0.000000240. The molecule has 4 aromatic rings. The third-order valence-electron chi connectivity index (χ3n) is 6.14. The van der Waals surface area contributed by atoms with Gasteiger partial charge in [0.2, 0.25) is 0 Å². The Labute approximate surface area is 241 Å². The number of hydrogen-bond acceptors (Lipinski definition) is 8. The average molecular weight is 608 g/mol. The number of fused-ring (bicyclic) bond motifs is 2. The zero-order valence-corrected chi connectivity index (χ0v) is 21.5. The first-order valence-electron chi connectivity index (χ1n) is 11.6. The van der Waals surface area contributed by atoms with Crippen molar-refractivity contribution in [1.29, 1.82) is 0 Å². The summed E-state index contributed by atoms with van der Waals surface area (Å²) in [5.74, 6) is -14.0. The van der Waals surface area contributed by atoms with Gasteiger partial charge in [-0.15, -0.1) is 0 Å². The summed E-state index contributed by atoms with van der Waals surface area (Å²) in [7, 11) is 0. The average Bonchev–Trinajstić information content (AvgIpc) is 2.93. The molecule has 4 rings (SSSR count). The molecule has 0 radical (unpaired) electrons. The van der Waals surface area contributed by atoms with Gasteiger partial charge in [-0.3, -0.25) is 0 Å². The topological polar surface area (TPSA) is 298 Å². The van der Waals surface area contributed by atoms with Crippen molar-refractivity contribution in [3.63, 3.8) is 0 Å². The van der Waals surface area contributed by atoms with Gasteiger partial charge in [0.1, 0.15) is 0 Å². The summed E-state index contributed by atoms with van der Waals surface area (Å²) in [6.45, 7) is 0. The van der Waals surface area contributed by atoms with Crippen LogP contribution in [0.15, 0.2) is 48.5 Å². The van der Waals surface area contributed by atoms with Crippen LogP contribution in [0.3, 0.4) is 0 Å². The van der Waals surface area contributed by atoms with Gasteiger partial charge in [-0.25, -0.2) is 38.4 Å². The Morgan fingerprint density at radius 3 is 0.523 bits per heavy atom. The second-order valence-electron chi connectivity index (χ2n) is 8.53. The van der Waals surface area contributed by atoms with Gasteiger partial charge in [0, 0.05) is 0 Å². The first-order valence-corrected chi connectivity index (χ1v) is 11.6. The number of hydrogen-bond donors (Lipinski definition) is 8. The van der Waals surface area contributed by atoms with Crippen LogP contribution >= 0.6 is 0 Å². The molecule has 0 saturated heterocycles. The molecule has 0 saturated carbocycles. The van der Waals surface area contributed by atoms with Crippen molar-refractivity contribution in [2.75, 3.05) is 0 Å². The maximum absolute atomic E-state index is 11.4. The van der Waals surface area contributed by atoms with E-state index in [1.807, 2.05) is 0 Å². The minimum absolute atomic E-state index is 0.158. The second-order valence-corrected chi connectivity index (χ2v) is 8.53. The third-order valence-corrected chi connectivity index (χ3v) is 6.14. The van der Waals surface area contributed by atoms with Crippen molar-refractivity contribution >= 4 is 69.3 Å². The first-order chi connectivity index (χ1) is 20.5. The van der Waals surface area contributed by atoms with Crippen molar-refractivity contribution in [3.05, 3.63) is 93.0 Å². The fraction of sp³-hybridized carbons (Fsp3) is 0. The molecular weight excluding hydrogens is 592 g/mol. The van der Waals surface area contributed by atoms with Crippen molar-refractivity contribution in [2.45, 2.75) is 0 Å². The molecule has 16 nitrogen and oxygen atoms in total. The summed E-state index contributed by atoms with van der Waals surface area (Å²) in [6.07, 6.45) is 0. The molecular formula is C28H16O16. The smallest absolute Gasteiger partial charge is 0.337 e. The molecule has 0 bridgehead atoms. The maximum atomic E-state index is 11.4. The summed E-state index contributed by atoms with van der Waals surface area (Å²) in [5.41, 5.74) is -7.27. The lowest BCUT2D eigenvalue weighted by molar-refractivity contribution is 0.0621. The fourth-order valence-electron chi connectivity index (χ4n) is 4.62. The van der Waals surface area contributed by atoms with E-state index in [4.69, 9.17) is 0 Å². The molecule has 0 unspecified atom stereocenters. The van der Waals surface area contributed by atoms with E-state index >= 15 is 0 Å². The summed E-state index contributed by atoms with van der Waals surface area (Å²) < 4.78 is 0. The van der Waals surface area contributed by atoms with Crippen LogP contribution in [-0.4, -0.2) is 88.6 Å². The summed E-state index contributed by atoms with van der Waals surface area (Å²) in [5, 5.41) is 73.1. The Kier molecular flexibility index (Phi) is 8.61. The minimum atomic E-state index is -1.83. The van der Waals surface area contributed by atoms with Gasteiger partial charge in [0.25, 0.3) is 0 Å². The Morgan fingerprint density at radius 1 is 0.273 bits per heavy atom. The van der Waals surface area contributed by atoms with Crippen molar-refractivity contribution in [1.82, 2.24) is 0 Å². The lowest BCUT2D eigenvalue weighted by Gasteiger charge is -2.14. The molecule has 0 amide bonds. The van der Waals surface area contributed by atoms with Gasteiger partial charge in [-0.1, -0.05) is 48.5 Å². The molecule has 4 aromatic carbocycles. The normalized spacial score (nSPS) is 10.4. The molecule has 0 atom stereocenters. The molecule has 0 aliphatic carbocycles. The van der Waals surface area contributed by atoms with Crippen LogP contribution in [0.4, 0.5) is 0 Å². The zero-order chi connectivity index (χ0) is 33.2. The SMILES string of the molecule is O=C(O)c1c(C(=O)O)c(C(=O)O)c2ccccc2c1C(=O)O.O=C(O)c1c(C(=O)O)c(C(=O)O)c2ccccc2c1C(=O)O. The van der Waals surface area contributed by atoms with Crippen LogP contribution in [0.1, 0.15) is 82.9 Å². The third kappa shape index (κ3) is 5.40. The highest BCUT2D eigenvalue weighted by molar-refractivity contribution is 6.24. The predicted octanol–water partition coefficient (Wildman–Crippen LogP) is 3.27. The summed E-state index contributed by atoms with van der Waals surface area (Å²) in [6, 6.07) is 10.5. The van der Waals surface area contributed by atoms with Crippen LogP contribution in [0, 0.1) is 0 Å². The highest BCUT2D eigenvalue weighted by Gasteiger charge is 2.34. The number of benzene rings is 4. The van der Waals surface area contributed by atoms with Gasteiger partial charge >= 0.3 is 47.8 Å². The maximum Gasteiger partial charge on any atom is 0.337 e. The molecule has 0 spiro atoms. The number of rotatable bonds is 8. The largest absolute Gasteiger partial charge is 0.478 e. The van der Waals surface area contributed by atoms with E-state index in [-0.39, 0.29) is 21.5 Å². The zero-order valence-electron chi connectivity index (χ0n) is 21.5. The quantitative estimate of drug-likeness (QED) is 0.142. The molecule has 0 aromatic heterocycles. The lowest BCUT2D eigenvalue weighted by atomic mass is 9.88. The lowest BCUT2D eigenvalue weighted by Crippen LogP contribution is -2.20. The van der Waals surface area contributed by atoms with Crippen LogP contribution < -0.4 is 0 Å². The van der Waals surface area contributed by atoms with Gasteiger partial charge < -0.3 is 40.9 Å². The van der Waals surface area contributed by atoms with E-state index < -0.39 is 92.3 Å². The van der Waals surface area contributed by atoms with Crippen LogP contribution in [0.25, 0.3) is 21.5 Å². The van der Waals surface area contributed by atoms with E-state index in [1.165, 1.54) is 48.5 Å². The van der Waals surface area contributed by atoms with Gasteiger partial charge in [0.15, 0.2) is 0 Å². The second kappa shape index (κ2) is 12.0. The molecule has 0 fully saturated rings. The molecule has 0 aliphatic rings. The number of carbonyl (C=O) groups is 8. The molecule has 8 N–H and O–H groups in total. The van der Waals surface area contributed by atoms with Crippen LogP contribution in [0.5, 0.6) is 0 Å². The van der Waals surface area contributed by atoms with Crippen LogP contribution in [0.2, 0.25) is 0 Å². The standard InChI is InChI=1S/2C14H8O8/c2*15-11(16)7-5-3-1-2-4-6(5)8(12(17)18)10(14(21)22)9(7)13(19)20/h2*1-4H,(H,15,16)(H,17,18)(H,19,20)(H,21,22). The number of carboxylic acids is 8. The van der Waals surface area contributed by atoms with E-state index in [1.54, 1.807) is 0 Å². The Bertz CT molecular complexity index is 1700. The minimum Gasteiger partial charge on any atom is -0.478 e. The Hall–Kier alpha value is -6.84. The van der Waals surface area contributed by atoms with Gasteiger partial charge in [-0.2, -0.15) is 0 Å². The molecule has 224 valence electrons. The van der Waals surface area contributed by atoms with E-state index in [0.29, 0.717) is 0 Å². The Morgan fingerprint density at radius 2 is 0.409 bits per heavy atom. The molecule has 0 heterocycles. The highest BCUT2D eigenvalue weighted by atomic mass is 16.4. The van der Waals surface area contributed by atoms with Crippen molar-refractivity contribution in [2.24, 2.45) is 0 Å². The van der Waals surface area contributed by atoms with E-state index in [2.05, 4.69) is 0 Å². The molecule has 0 aliphatic heterocycles. The van der Waals surface area contributed by atoms with Gasteiger partial charge in [-0.05, 0) is 21.5 Å². The van der Waals surface area contributed by atoms with E-state index in [0.717, 1.165) is 0 Å². The fourth-order valence-corrected chi connectivity index (χ4v) is 4.62.